The third-order valence-electron chi connectivity index (χ3n) is 3.20. The van der Waals surface area contributed by atoms with Crippen LogP contribution < -0.4 is 0 Å². The van der Waals surface area contributed by atoms with Gasteiger partial charge in [0.25, 0.3) is 0 Å². The van der Waals surface area contributed by atoms with Crippen LogP contribution in [0.3, 0.4) is 0 Å². The summed E-state index contributed by atoms with van der Waals surface area (Å²) in [6, 6.07) is 0. The van der Waals surface area contributed by atoms with E-state index in [9.17, 15) is 19.7 Å². The molecule has 0 unspecified atom stereocenters. The van der Waals surface area contributed by atoms with Crippen LogP contribution in [0.2, 0.25) is 0 Å². The van der Waals surface area contributed by atoms with Gasteiger partial charge in [-0.1, -0.05) is 0 Å². The molecular weight excluding hydrogens is 276 g/mol. The normalized spacial score (nSPS) is 10.6. The topological polar surface area (TPSA) is 111 Å². The Morgan fingerprint density at radius 3 is 2.57 bits per heavy atom. The number of hydrogen-bond donors (Lipinski definition) is 1. The van der Waals surface area contributed by atoms with Crippen LogP contribution in [0.4, 0.5) is 5.82 Å². The van der Waals surface area contributed by atoms with Gasteiger partial charge in [0, 0.05) is 11.3 Å². The lowest BCUT2D eigenvalue weighted by Crippen LogP contribution is -2.11. The van der Waals surface area contributed by atoms with Crippen LogP contribution in [-0.4, -0.2) is 31.0 Å². The highest BCUT2D eigenvalue weighted by atomic mass is 16.6. The van der Waals surface area contributed by atoms with Gasteiger partial charge in [0.05, 0.1) is 12.2 Å². The molecule has 1 N–H and O–H groups in total. The van der Waals surface area contributed by atoms with Gasteiger partial charge < -0.3 is 19.7 Å². The van der Waals surface area contributed by atoms with E-state index in [1.165, 1.54) is 24.0 Å². The Morgan fingerprint density at radius 1 is 1.43 bits per heavy atom. The lowest BCUT2D eigenvalue weighted by Gasteiger charge is -2.00. The Labute approximate surface area is 120 Å². The van der Waals surface area contributed by atoms with Crippen molar-refractivity contribution in [3.63, 3.8) is 0 Å². The monoisotopic (exact) mass is 290 g/mol. The molecule has 8 heteroatoms. The average molecular weight is 290 g/mol. The minimum Gasteiger partial charge on any atom is -0.358 e. The van der Waals surface area contributed by atoms with Crippen molar-refractivity contribution in [2.75, 3.05) is 0 Å². The van der Waals surface area contributed by atoms with Crippen LogP contribution in [0.15, 0.2) is 12.5 Å². The molecule has 0 amide bonds. The lowest BCUT2D eigenvalue weighted by molar-refractivity contribution is -0.389. The predicted octanol–water partition coefficient (Wildman–Crippen LogP) is 1.82. The van der Waals surface area contributed by atoms with Crippen molar-refractivity contribution in [1.29, 1.82) is 0 Å². The minimum atomic E-state index is -0.626. The van der Waals surface area contributed by atoms with Crippen LogP contribution in [0, 0.1) is 24.0 Å². The van der Waals surface area contributed by atoms with Crippen molar-refractivity contribution >= 4 is 17.4 Å². The number of carbonyl (C=O) groups is 2. The molecule has 8 nitrogen and oxygen atoms in total. The SMILES string of the molecule is CC(=O)c1c(C)[nH]c(C(=O)Cn2cnc([N+](=O)[O-])c2)c1C. The molecule has 0 spiro atoms. The van der Waals surface area contributed by atoms with E-state index in [4.69, 9.17) is 0 Å². The first-order chi connectivity index (χ1) is 9.81. The maximum absolute atomic E-state index is 12.2. The van der Waals surface area contributed by atoms with E-state index in [0.29, 0.717) is 22.5 Å². The van der Waals surface area contributed by atoms with Gasteiger partial charge in [-0.25, -0.2) is 0 Å². The second-order valence-electron chi connectivity index (χ2n) is 4.77. The molecule has 0 saturated heterocycles. The van der Waals surface area contributed by atoms with E-state index in [0.717, 1.165) is 0 Å². The van der Waals surface area contributed by atoms with Gasteiger partial charge in [-0.05, 0) is 36.2 Å². The first kappa shape index (κ1) is 14.6. The molecule has 0 aromatic carbocycles. The first-order valence-electron chi connectivity index (χ1n) is 6.20. The summed E-state index contributed by atoms with van der Waals surface area (Å²) in [6.07, 6.45) is 2.42. The number of rotatable bonds is 5. The Morgan fingerprint density at radius 2 is 2.10 bits per heavy atom. The van der Waals surface area contributed by atoms with Crippen LogP contribution in [-0.2, 0) is 6.54 Å². The van der Waals surface area contributed by atoms with Crippen molar-refractivity contribution in [3.8, 4) is 0 Å². The van der Waals surface area contributed by atoms with Gasteiger partial charge in [0.2, 0.25) is 6.33 Å². The number of carbonyl (C=O) groups excluding carboxylic acids is 2. The summed E-state index contributed by atoms with van der Waals surface area (Å²) in [4.78, 5) is 40.2. The lowest BCUT2D eigenvalue weighted by atomic mass is 10.1. The number of nitrogens with one attached hydrogen (secondary N) is 1. The predicted molar refractivity (Wildman–Crippen MR) is 73.5 cm³/mol. The number of imidazole rings is 1. The van der Waals surface area contributed by atoms with E-state index in [-0.39, 0.29) is 23.9 Å². The van der Waals surface area contributed by atoms with Gasteiger partial charge in [-0.2, -0.15) is 0 Å². The Bertz CT molecular complexity index is 741. The van der Waals surface area contributed by atoms with Crippen molar-refractivity contribution in [3.05, 3.63) is 45.2 Å². The van der Waals surface area contributed by atoms with E-state index in [1.807, 2.05) is 0 Å². The number of aromatic nitrogens is 3. The highest BCUT2D eigenvalue weighted by Gasteiger charge is 2.20. The summed E-state index contributed by atoms with van der Waals surface area (Å²) in [5.74, 6) is -0.694. The third-order valence-corrected chi connectivity index (χ3v) is 3.20. The summed E-state index contributed by atoms with van der Waals surface area (Å²) < 4.78 is 1.34. The number of nitrogens with zero attached hydrogens (tertiary/aromatic N) is 3. The quantitative estimate of drug-likeness (QED) is 0.513. The molecular formula is C13H14N4O4. The molecule has 2 aromatic rings. The minimum absolute atomic E-state index is 0.0843. The van der Waals surface area contributed by atoms with Gasteiger partial charge in [0.15, 0.2) is 11.6 Å². The van der Waals surface area contributed by atoms with Gasteiger partial charge in [-0.3, -0.25) is 9.59 Å². The van der Waals surface area contributed by atoms with Gasteiger partial charge in [-0.15, -0.1) is 0 Å². The first-order valence-corrected chi connectivity index (χ1v) is 6.20. The standard InChI is InChI=1S/C13H14N4O4/c1-7-12(9(3)18)8(2)15-13(7)10(19)4-16-5-11(14-6-16)17(20)21/h5-6,15H,4H2,1-3H3. The number of aromatic amines is 1. The van der Waals surface area contributed by atoms with Gasteiger partial charge >= 0.3 is 5.82 Å². The molecule has 0 saturated carbocycles. The molecule has 0 radical (unpaired) electrons. The highest BCUT2D eigenvalue weighted by molar-refractivity contribution is 6.03. The molecule has 110 valence electrons. The zero-order chi connectivity index (χ0) is 15.7. The molecule has 2 rings (SSSR count). The third kappa shape index (κ3) is 2.73. The fourth-order valence-corrected chi connectivity index (χ4v) is 2.33. The van der Waals surface area contributed by atoms with Crippen LogP contribution in [0.5, 0.6) is 0 Å². The number of nitro groups is 1. The smallest absolute Gasteiger partial charge is 0.358 e. The van der Waals surface area contributed by atoms with Crippen molar-refractivity contribution in [2.45, 2.75) is 27.3 Å². The number of Topliss-reactive ketones (excluding diaryl/α,β-unsaturated/α-hetero) is 2. The van der Waals surface area contributed by atoms with E-state index in [1.54, 1.807) is 13.8 Å². The zero-order valence-corrected chi connectivity index (χ0v) is 11.8. The molecule has 2 aromatic heterocycles. The van der Waals surface area contributed by atoms with Crippen molar-refractivity contribution in [2.24, 2.45) is 0 Å². The summed E-state index contributed by atoms with van der Waals surface area (Å²) in [6.45, 7) is 4.78. The number of H-pyrrole nitrogens is 1. The number of hydrogen-bond acceptors (Lipinski definition) is 5. The largest absolute Gasteiger partial charge is 0.381 e. The zero-order valence-electron chi connectivity index (χ0n) is 11.8. The van der Waals surface area contributed by atoms with Crippen LogP contribution in [0.1, 0.15) is 39.0 Å². The molecule has 0 aliphatic heterocycles. The maximum Gasteiger partial charge on any atom is 0.381 e. The fourth-order valence-electron chi connectivity index (χ4n) is 2.33. The number of aryl methyl sites for hydroxylation is 1. The van der Waals surface area contributed by atoms with Gasteiger partial charge in [0.1, 0.15) is 6.20 Å². The molecule has 2 heterocycles. The van der Waals surface area contributed by atoms with Crippen molar-refractivity contribution < 1.29 is 14.5 Å². The molecule has 0 aliphatic carbocycles. The number of ketones is 2. The second-order valence-corrected chi connectivity index (χ2v) is 4.77. The van der Waals surface area contributed by atoms with E-state index >= 15 is 0 Å². The Balaban J connectivity index is 2.26. The molecule has 0 atom stereocenters. The molecule has 0 aliphatic rings. The second kappa shape index (κ2) is 5.31. The van der Waals surface area contributed by atoms with Crippen molar-refractivity contribution in [1.82, 2.24) is 14.5 Å². The highest BCUT2D eigenvalue weighted by Crippen LogP contribution is 2.19. The summed E-state index contributed by atoms with van der Waals surface area (Å²) >= 11 is 0. The van der Waals surface area contributed by atoms with Crippen LogP contribution >= 0.6 is 0 Å². The molecule has 0 bridgehead atoms. The molecule has 0 fully saturated rings. The van der Waals surface area contributed by atoms with Crippen LogP contribution in [0.25, 0.3) is 0 Å². The Hall–Kier alpha value is -2.77. The fraction of sp³-hybridized carbons (Fsp3) is 0.308. The molecule has 21 heavy (non-hydrogen) atoms. The van der Waals surface area contributed by atoms with E-state index < -0.39 is 4.92 Å². The summed E-state index contributed by atoms with van der Waals surface area (Å²) in [7, 11) is 0. The summed E-state index contributed by atoms with van der Waals surface area (Å²) in [5.41, 5.74) is 2.09. The maximum atomic E-state index is 12.2. The Kier molecular flexibility index (Phi) is 3.70. The van der Waals surface area contributed by atoms with E-state index in [2.05, 4.69) is 9.97 Å². The summed E-state index contributed by atoms with van der Waals surface area (Å²) in [5, 5.41) is 10.5. The average Bonchev–Trinajstić information content (AvgIpc) is 2.94.